The highest BCUT2D eigenvalue weighted by atomic mass is 79.9. The molecule has 1 atom stereocenters. The number of carbonyl (C=O) groups excluding carboxylic acids is 1. The Morgan fingerprint density at radius 3 is 2.23 bits per heavy atom. The lowest BCUT2D eigenvalue weighted by Crippen LogP contribution is -2.35. The second-order valence-corrected chi connectivity index (χ2v) is 8.32. The minimum absolute atomic E-state index is 0.0652. The Bertz CT molecular complexity index is 1130. The first kappa shape index (κ1) is 20.9. The fourth-order valence-electron chi connectivity index (χ4n) is 4.01. The lowest BCUT2D eigenvalue weighted by Gasteiger charge is -2.19. The van der Waals surface area contributed by atoms with E-state index in [1.165, 1.54) is 6.07 Å². The van der Waals surface area contributed by atoms with Crippen molar-refractivity contribution in [1.29, 1.82) is 0 Å². The van der Waals surface area contributed by atoms with Gasteiger partial charge in [-0.05, 0) is 46.9 Å². The highest BCUT2D eigenvalue weighted by Gasteiger charge is 2.31. The molecule has 1 unspecified atom stereocenters. The molecule has 7 heteroatoms. The molecule has 158 valence electrons. The number of carbonyl (C=O) groups is 2. The van der Waals surface area contributed by atoms with E-state index in [1.807, 2.05) is 48.5 Å². The number of halogens is 1. The van der Waals surface area contributed by atoms with Gasteiger partial charge in [0.25, 0.3) is 0 Å². The molecular formula is C24H20BrNO5. The second-order valence-electron chi connectivity index (χ2n) is 7.40. The summed E-state index contributed by atoms with van der Waals surface area (Å²) in [7, 11) is 0. The Morgan fingerprint density at radius 2 is 1.65 bits per heavy atom. The molecule has 0 heterocycles. The van der Waals surface area contributed by atoms with Crippen LogP contribution >= 0.6 is 15.9 Å². The van der Waals surface area contributed by atoms with Gasteiger partial charge in [0.2, 0.25) is 0 Å². The summed E-state index contributed by atoms with van der Waals surface area (Å²) in [6.45, 7) is 1.71. The van der Waals surface area contributed by atoms with Gasteiger partial charge in [-0.15, -0.1) is 0 Å². The molecule has 4 rings (SSSR count). The van der Waals surface area contributed by atoms with E-state index in [1.54, 1.807) is 13.0 Å². The predicted octanol–water partition coefficient (Wildman–Crippen LogP) is 5.13. The molecule has 3 N–H and O–H groups in total. The van der Waals surface area contributed by atoms with E-state index >= 15 is 0 Å². The van der Waals surface area contributed by atoms with Crippen molar-refractivity contribution >= 4 is 28.0 Å². The minimum Gasteiger partial charge on any atom is -0.507 e. The lowest BCUT2D eigenvalue weighted by molar-refractivity contribution is -0.139. The second kappa shape index (κ2) is 8.43. The standard InChI is InChI=1S/C24H20BrNO5/c1-13-10-14(25)11-19(22(13)27)21(23(28)29)26-24(30)31-12-20-17-8-4-2-6-15(17)16-7-3-5-9-18(16)20/h2-11,20-21,27H,12H2,1H3,(H,26,30)(H,28,29). The molecule has 0 bridgehead atoms. The molecule has 1 aliphatic carbocycles. The molecule has 31 heavy (non-hydrogen) atoms. The van der Waals surface area contributed by atoms with Crippen LogP contribution in [-0.2, 0) is 9.53 Å². The van der Waals surface area contributed by atoms with Crippen molar-refractivity contribution in [2.45, 2.75) is 18.9 Å². The summed E-state index contributed by atoms with van der Waals surface area (Å²) in [5.41, 5.74) is 4.89. The number of amides is 1. The average molecular weight is 482 g/mol. The number of carboxylic acids is 1. The molecule has 0 aliphatic heterocycles. The third kappa shape index (κ3) is 4.01. The average Bonchev–Trinajstić information content (AvgIpc) is 3.07. The molecule has 0 radical (unpaired) electrons. The third-order valence-corrected chi connectivity index (χ3v) is 5.92. The van der Waals surface area contributed by atoms with Gasteiger partial charge in [-0.25, -0.2) is 9.59 Å². The van der Waals surface area contributed by atoms with Gasteiger partial charge in [-0.2, -0.15) is 0 Å². The summed E-state index contributed by atoms with van der Waals surface area (Å²) in [6, 6.07) is 17.6. The van der Waals surface area contributed by atoms with Crippen LogP contribution in [-0.4, -0.2) is 28.9 Å². The number of fused-ring (bicyclic) bond motifs is 3. The number of phenols is 1. The van der Waals surface area contributed by atoms with Crippen LogP contribution in [0.1, 0.15) is 34.2 Å². The Morgan fingerprint density at radius 1 is 1.06 bits per heavy atom. The van der Waals surface area contributed by atoms with E-state index in [0.717, 1.165) is 22.3 Å². The molecule has 0 fully saturated rings. The number of alkyl carbamates (subject to hydrolysis) is 1. The molecule has 6 nitrogen and oxygen atoms in total. The van der Waals surface area contributed by atoms with Gasteiger partial charge >= 0.3 is 12.1 Å². The summed E-state index contributed by atoms with van der Waals surface area (Å²) < 4.78 is 6.03. The first-order chi connectivity index (χ1) is 14.9. The number of hydrogen-bond donors (Lipinski definition) is 3. The predicted molar refractivity (Wildman–Crippen MR) is 119 cm³/mol. The van der Waals surface area contributed by atoms with E-state index < -0.39 is 18.1 Å². The normalized spacial score (nSPS) is 13.2. The van der Waals surface area contributed by atoms with Crippen LogP contribution in [0.15, 0.2) is 65.1 Å². The van der Waals surface area contributed by atoms with Crippen molar-refractivity contribution in [2.24, 2.45) is 0 Å². The maximum absolute atomic E-state index is 12.5. The van der Waals surface area contributed by atoms with E-state index in [9.17, 15) is 19.8 Å². The fraction of sp³-hybridized carbons (Fsp3) is 0.167. The number of aryl methyl sites for hydroxylation is 1. The zero-order chi connectivity index (χ0) is 22.1. The van der Waals surface area contributed by atoms with Crippen molar-refractivity contribution in [2.75, 3.05) is 6.61 Å². The Balaban J connectivity index is 1.52. The Hall–Kier alpha value is -3.32. The number of ether oxygens (including phenoxy) is 1. The van der Waals surface area contributed by atoms with Gasteiger partial charge in [0.05, 0.1) is 0 Å². The van der Waals surface area contributed by atoms with Crippen molar-refractivity contribution in [1.82, 2.24) is 5.32 Å². The van der Waals surface area contributed by atoms with Crippen molar-refractivity contribution in [3.63, 3.8) is 0 Å². The molecule has 0 spiro atoms. The van der Waals surface area contributed by atoms with Crippen LogP contribution < -0.4 is 5.32 Å². The van der Waals surface area contributed by atoms with Crippen LogP contribution in [0.4, 0.5) is 4.79 Å². The number of phenolic OH excluding ortho intramolecular Hbond substituents is 1. The van der Waals surface area contributed by atoms with Gasteiger partial charge in [-0.3, -0.25) is 0 Å². The molecule has 1 aliphatic rings. The highest BCUT2D eigenvalue weighted by molar-refractivity contribution is 9.10. The van der Waals surface area contributed by atoms with Crippen LogP contribution in [0.2, 0.25) is 0 Å². The monoisotopic (exact) mass is 481 g/mol. The molecule has 3 aromatic rings. The van der Waals surface area contributed by atoms with Gasteiger partial charge < -0.3 is 20.3 Å². The van der Waals surface area contributed by atoms with E-state index in [0.29, 0.717) is 10.0 Å². The third-order valence-electron chi connectivity index (χ3n) is 5.46. The van der Waals surface area contributed by atoms with Crippen LogP contribution in [0.25, 0.3) is 11.1 Å². The number of benzene rings is 3. The van der Waals surface area contributed by atoms with E-state index in [4.69, 9.17) is 4.74 Å². The van der Waals surface area contributed by atoms with Gasteiger partial charge in [0.15, 0.2) is 6.04 Å². The van der Waals surface area contributed by atoms with Crippen molar-refractivity contribution in [3.05, 3.63) is 87.4 Å². The smallest absolute Gasteiger partial charge is 0.408 e. The Labute approximate surface area is 187 Å². The van der Waals surface area contributed by atoms with Crippen LogP contribution in [0.5, 0.6) is 5.75 Å². The number of rotatable bonds is 5. The molecule has 0 saturated carbocycles. The topological polar surface area (TPSA) is 95.9 Å². The molecule has 0 saturated heterocycles. The quantitative estimate of drug-likeness (QED) is 0.469. The lowest BCUT2D eigenvalue weighted by atomic mass is 9.98. The van der Waals surface area contributed by atoms with E-state index in [2.05, 4.69) is 21.2 Å². The maximum Gasteiger partial charge on any atom is 0.408 e. The molecule has 3 aromatic carbocycles. The number of nitrogens with one attached hydrogen (secondary N) is 1. The number of hydrogen-bond acceptors (Lipinski definition) is 4. The molecular weight excluding hydrogens is 462 g/mol. The first-order valence-corrected chi connectivity index (χ1v) is 10.5. The Kier molecular flexibility index (Phi) is 5.69. The zero-order valence-corrected chi connectivity index (χ0v) is 18.2. The maximum atomic E-state index is 12.5. The van der Waals surface area contributed by atoms with Crippen LogP contribution in [0.3, 0.4) is 0 Å². The van der Waals surface area contributed by atoms with E-state index in [-0.39, 0.29) is 23.8 Å². The zero-order valence-electron chi connectivity index (χ0n) is 16.6. The van der Waals surface area contributed by atoms with Gasteiger partial charge in [0.1, 0.15) is 12.4 Å². The summed E-state index contributed by atoms with van der Waals surface area (Å²) in [5.74, 6) is -1.63. The summed E-state index contributed by atoms with van der Waals surface area (Å²) in [5, 5.41) is 22.3. The number of aliphatic carboxylic acids is 1. The summed E-state index contributed by atoms with van der Waals surface area (Å²) in [6.07, 6.45) is -0.869. The highest BCUT2D eigenvalue weighted by Crippen LogP contribution is 2.44. The fourth-order valence-corrected chi connectivity index (χ4v) is 4.60. The molecule has 1 amide bonds. The van der Waals surface area contributed by atoms with Gasteiger partial charge in [-0.1, -0.05) is 64.5 Å². The first-order valence-electron chi connectivity index (χ1n) is 9.70. The number of aromatic hydroxyl groups is 1. The largest absolute Gasteiger partial charge is 0.507 e. The summed E-state index contributed by atoms with van der Waals surface area (Å²) in [4.78, 5) is 24.3. The number of carboxylic acid groups (broad SMARTS) is 1. The van der Waals surface area contributed by atoms with Crippen molar-refractivity contribution in [3.8, 4) is 16.9 Å². The molecule has 0 aromatic heterocycles. The van der Waals surface area contributed by atoms with Gasteiger partial charge in [0, 0.05) is 16.0 Å². The summed E-state index contributed by atoms with van der Waals surface area (Å²) >= 11 is 3.29. The van der Waals surface area contributed by atoms with Crippen LogP contribution in [0, 0.1) is 6.92 Å². The SMILES string of the molecule is Cc1cc(Br)cc(C(NC(=O)OCC2c3ccccc3-c3ccccc32)C(=O)O)c1O. The minimum atomic E-state index is -1.45. The van der Waals surface area contributed by atoms with Crippen molar-refractivity contribution < 1.29 is 24.5 Å².